The van der Waals surface area contributed by atoms with Gasteiger partial charge in [-0.05, 0) is 49.6 Å². The van der Waals surface area contributed by atoms with E-state index in [0.717, 1.165) is 5.56 Å². The van der Waals surface area contributed by atoms with Crippen molar-refractivity contribution in [3.8, 4) is 17.4 Å². The number of benzene rings is 1. The Labute approximate surface area is 175 Å². The van der Waals surface area contributed by atoms with Crippen LogP contribution in [0.3, 0.4) is 0 Å². The first kappa shape index (κ1) is 20.3. The Morgan fingerprint density at radius 1 is 1.10 bits per heavy atom. The van der Waals surface area contributed by atoms with Crippen molar-refractivity contribution in [3.05, 3.63) is 54.4 Å². The zero-order valence-corrected chi connectivity index (χ0v) is 17.6. The third-order valence-corrected chi connectivity index (χ3v) is 6.91. The van der Waals surface area contributed by atoms with Crippen molar-refractivity contribution in [1.82, 2.24) is 24.3 Å². The van der Waals surface area contributed by atoms with Gasteiger partial charge in [-0.3, -0.25) is 0 Å². The van der Waals surface area contributed by atoms with Gasteiger partial charge in [0.05, 0.1) is 7.11 Å². The second-order valence-corrected chi connectivity index (χ2v) is 8.96. The van der Waals surface area contributed by atoms with E-state index in [4.69, 9.17) is 9.47 Å². The molecule has 0 saturated carbocycles. The quantitative estimate of drug-likeness (QED) is 0.592. The molecular weight excluding hydrogens is 406 g/mol. The van der Waals surface area contributed by atoms with E-state index in [9.17, 15) is 8.42 Å². The van der Waals surface area contributed by atoms with Crippen LogP contribution >= 0.6 is 0 Å². The van der Waals surface area contributed by atoms with Gasteiger partial charge in [0.15, 0.2) is 5.82 Å². The van der Waals surface area contributed by atoms with Gasteiger partial charge in [0.2, 0.25) is 15.9 Å². The lowest BCUT2D eigenvalue weighted by molar-refractivity contribution is 0.128. The fourth-order valence-corrected chi connectivity index (χ4v) is 5.10. The van der Waals surface area contributed by atoms with Crippen LogP contribution in [0.4, 0.5) is 0 Å². The van der Waals surface area contributed by atoms with Gasteiger partial charge in [0, 0.05) is 31.5 Å². The van der Waals surface area contributed by atoms with Crippen molar-refractivity contribution in [2.24, 2.45) is 0 Å². The average molecular weight is 430 g/mol. The van der Waals surface area contributed by atoms with Crippen LogP contribution in [0, 0.1) is 6.92 Å². The summed E-state index contributed by atoms with van der Waals surface area (Å²) in [5, 5.41) is 12.3. The van der Waals surface area contributed by atoms with E-state index < -0.39 is 10.0 Å². The first-order valence-electron chi connectivity index (χ1n) is 9.62. The average Bonchev–Trinajstić information content (AvgIpc) is 3.29. The summed E-state index contributed by atoms with van der Waals surface area (Å²) < 4.78 is 40.5. The zero-order valence-electron chi connectivity index (χ0n) is 16.8. The Balaban J connectivity index is 1.40. The molecule has 1 aromatic carbocycles. The van der Waals surface area contributed by atoms with Crippen LogP contribution in [-0.4, -0.2) is 59.0 Å². The second-order valence-electron chi connectivity index (χ2n) is 7.06. The van der Waals surface area contributed by atoms with Crippen LogP contribution in [0.5, 0.6) is 11.6 Å². The van der Waals surface area contributed by atoms with Crippen molar-refractivity contribution in [3.63, 3.8) is 0 Å². The Kier molecular flexibility index (Phi) is 5.69. The highest BCUT2D eigenvalue weighted by atomic mass is 32.2. The molecule has 0 N–H and O–H groups in total. The number of hydrogen-bond acceptors (Lipinski definition) is 7. The molecule has 0 aliphatic carbocycles. The molecule has 3 heterocycles. The van der Waals surface area contributed by atoms with Crippen LogP contribution in [0.1, 0.15) is 18.4 Å². The Morgan fingerprint density at radius 2 is 1.90 bits per heavy atom. The highest BCUT2D eigenvalue weighted by Gasteiger charge is 2.32. The molecule has 10 heteroatoms. The Hall–Kier alpha value is -2.98. The van der Waals surface area contributed by atoms with Crippen LogP contribution in [0.25, 0.3) is 5.82 Å². The van der Waals surface area contributed by atoms with Gasteiger partial charge in [-0.25, -0.2) is 13.1 Å². The first-order chi connectivity index (χ1) is 14.5. The third kappa shape index (κ3) is 4.14. The predicted molar refractivity (Wildman–Crippen MR) is 109 cm³/mol. The number of ether oxygens (including phenoxy) is 2. The SMILES string of the molecule is COc1ccc(C)cc1S(=O)(=O)N1CCC(Oc2ccc(-n3cccn3)nn2)CC1. The first-order valence-corrected chi connectivity index (χ1v) is 11.1. The van der Waals surface area contributed by atoms with Crippen molar-refractivity contribution in [2.75, 3.05) is 20.2 Å². The molecule has 1 fully saturated rings. The van der Waals surface area contributed by atoms with E-state index in [1.54, 1.807) is 47.4 Å². The van der Waals surface area contributed by atoms with Crippen LogP contribution in [-0.2, 0) is 10.0 Å². The lowest BCUT2D eigenvalue weighted by Gasteiger charge is -2.31. The number of piperidine rings is 1. The summed E-state index contributed by atoms with van der Waals surface area (Å²) in [4.78, 5) is 0.199. The van der Waals surface area contributed by atoms with E-state index in [-0.39, 0.29) is 11.0 Å². The molecule has 30 heavy (non-hydrogen) atoms. The monoisotopic (exact) mass is 429 g/mol. The molecule has 0 unspecified atom stereocenters. The number of rotatable bonds is 6. The molecular formula is C20H23N5O4S. The fourth-order valence-electron chi connectivity index (χ4n) is 3.39. The maximum absolute atomic E-state index is 13.1. The number of nitrogens with zero attached hydrogens (tertiary/aromatic N) is 5. The molecule has 0 atom stereocenters. The largest absolute Gasteiger partial charge is 0.495 e. The number of hydrogen-bond donors (Lipinski definition) is 0. The van der Waals surface area contributed by atoms with Gasteiger partial charge in [-0.1, -0.05) is 6.07 Å². The number of aryl methyl sites for hydroxylation is 1. The standard InChI is InChI=1S/C20H23N5O4S/c1-15-4-5-17(28-2)18(14-15)30(26,27)24-12-8-16(9-13-24)29-20-7-6-19(22-23-20)25-11-3-10-21-25/h3-7,10-11,14,16H,8-9,12-13H2,1-2H3. The van der Waals surface area contributed by atoms with E-state index in [1.807, 2.05) is 13.0 Å². The Morgan fingerprint density at radius 3 is 2.53 bits per heavy atom. The van der Waals surface area contributed by atoms with Crippen molar-refractivity contribution < 1.29 is 17.9 Å². The van der Waals surface area contributed by atoms with Gasteiger partial charge < -0.3 is 9.47 Å². The van der Waals surface area contributed by atoms with Gasteiger partial charge in [-0.15, -0.1) is 10.2 Å². The summed E-state index contributed by atoms with van der Waals surface area (Å²) in [5.41, 5.74) is 0.865. The summed E-state index contributed by atoms with van der Waals surface area (Å²) in [5.74, 6) is 1.36. The molecule has 1 aliphatic rings. The van der Waals surface area contributed by atoms with Crippen LogP contribution < -0.4 is 9.47 Å². The molecule has 0 spiro atoms. The number of methoxy groups -OCH3 is 1. The smallest absolute Gasteiger partial charge is 0.246 e. The van der Waals surface area contributed by atoms with Crippen molar-refractivity contribution in [1.29, 1.82) is 0 Å². The summed E-state index contributed by atoms with van der Waals surface area (Å²) in [6.45, 7) is 2.59. The zero-order chi connectivity index (χ0) is 21.1. The molecule has 9 nitrogen and oxygen atoms in total. The maximum Gasteiger partial charge on any atom is 0.246 e. The summed E-state index contributed by atoms with van der Waals surface area (Å²) >= 11 is 0. The molecule has 3 aromatic rings. The summed E-state index contributed by atoms with van der Waals surface area (Å²) in [6.07, 6.45) is 4.46. The van der Waals surface area contributed by atoms with Gasteiger partial charge in [-0.2, -0.15) is 9.40 Å². The summed E-state index contributed by atoms with van der Waals surface area (Å²) in [7, 11) is -2.16. The molecule has 0 amide bonds. The minimum atomic E-state index is -3.64. The number of sulfonamides is 1. The minimum absolute atomic E-state index is 0.124. The number of aromatic nitrogens is 4. The maximum atomic E-state index is 13.1. The lowest BCUT2D eigenvalue weighted by atomic mass is 10.1. The van der Waals surface area contributed by atoms with E-state index in [2.05, 4.69) is 15.3 Å². The molecule has 0 bridgehead atoms. The van der Waals surface area contributed by atoms with E-state index in [0.29, 0.717) is 43.4 Å². The van der Waals surface area contributed by atoms with E-state index in [1.165, 1.54) is 11.4 Å². The topological polar surface area (TPSA) is 99.4 Å². The molecule has 2 aromatic heterocycles. The molecule has 1 aliphatic heterocycles. The molecule has 0 radical (unpaired) electrons. The van der Waals surface area contributed by atoms with Gasteiger partial charge in [0.25, 0.3) is 0 Å². The van der Waals surface area contributed by atoms with Crippen molar-refractivity contribution >= 4 is 10.0 Å². The summed E-state index contributed by atoms with van der Waals surface area (Å²) in [6, 6.07) is 10.5. The molecule has 1 saturated heterocycles. The molecule has 158 valence electrons. The van der Waals surface area contributed by atoms with Gasteiger partial charge in [0.1, 0.15) is 16.7 Å². The highest BCUT2D eigenvalue weighted by Crippen LogP contribution is 2.30. The molecule has 4 rings (SSSR count). The minimum Gasteiger partial charge on any atom is -0.495 e. The third-order valence-electron chi connectivity index (χ3n) is 4.99. The van der Waals surface area contributed by atoms with E-state index >= 15 is 0 Å². The fraction of sp³-hybridized carbons (Fsp3) is 0.350. The van der Waals surface area contributed by atoms with Gasteiger partial charge >= 0.3 is 0 Å². The Bertz CT molecular complexity index is 1090. The van der Waals surface area contributed by atoms with Crippen LogP contribution in [0.15, 0.2) is 53.7 Å². The van der Waals surface area contributed by atoms with Crippen molar-refractivity contribution in [2.45, 2.75) is 30.8 Å². The lowest BCUT2D eigenvalue weighted by Crippen LogP contribution is -2.41. The second kappa shape index (κ2) is 8.41. The highest BCUT2D eigenvalue weighted by molar-refractivity contribution is 7.89. The normalized spacial score (nSPS) is 15.8. The van der Waals surface area contributed by atoms with Crippen LogP contribution in [0.2, 0.25) is 0 Å². The predicted octanol–water partition coefficient (Wildman–Crippen LogP) is 2.21.